The van der Waals surface area contributed by atoms with E-state index in [2.05, 4.69) is 15.3 Å². The van der Waals surface area contributed by atoms with Crippen molar-refractivity contribution in [2.75, 3.05) is 11.9 Å². The minimum Gasteiger partial charge on any atom is -0.475 e. The van der Waals surface area contributed by atoms with Gasteiger partial charge in [0.25, 0.3) is 0 Å². The molecule has 1 rings (SSSR count). The standard InChI is InChI=1S/C12H21N3O2/c1-4-5-10(16)8-14-12-13-7-6-11(15-12)17-9(2)3/h6-7,9-10,16H,4-5,8H2,1-3H3,(H,13,14,15). The summed E-state index contributed by atoms with van der Waals surface area (Å²) in [7, 11) is 0. The first-order chi connectivity index (χ1) is 8.11. The normalized spacial score (nSPS) is 12.5. The molecule has 0 aliphatic rings. The molecule has 0 bridgehead atoms. The molecule has 96 valence electrons. The van der Waals surface area contributed by atoms with Crippen molar-refractivity contribution in [2.45, 2.75) is 45.8 Å². The van der Waals surface area contributed by atoms with E-state index in [1.54, 1.807) is 12.3 Å². The molecule has 1 atom stereocenters. The van der Waals surface area contributed by atoms with Crippen LogP contribution in [0.4, 0.5) is 5.95 Å². The fourth-order valence-corrected chi connectivity index (χ4v) is 1.38. The molecule has 0 aliphatic carbocycles. The van der Waals surface area contributed by atoms with Crippen LogP contribution >= 0.6 is 0 Å². The lowest BCUT2D eigenvalue weighted by atomic mass is 10.2. The molecule has 1 aromatic rings. The fraction of sp³-hybridized carbons (Fsp3) is 0.667. The minimum atomic E-state index is -0.363. The van der Waals surface area contributed by atoms with Gasteiger partial charge < -0.3 is 15.2 Å². The van der Waals surface area contributed by atoms with Crippen LogP contribution in [0.25, 0.3) is 0 Å². The molecule has 17 heavy (non-hydrogen) atoms. The molecule has 2 N–H and O–H groups in total. The van der Waals surface area contributed by atoms with E-state index in [0.717, 1.165) is 12.8 Å². The molecule has 0 amide bonds. The number of hydrogen-bond donors (Lipinski definition) is 2. The lowest BCUT2D eigenvalue weighted by molar-refractivity contribution is 0.176. The van der Waals surface area contributed by atoms with Gasteiger partial charge >= 0.3 is 0 Å². The molecular weight excluding hydrogens is 218 g/mol. The van der Waals surface area contributed by atoms with Crippen molar-refractivity contribution in [2.24, 2.45) is 0 Å². The van der Waals surface area contributed by atoms with E-state index >= 15 is 0 Å². The number of aliphatic hydroxyl groups excluding tert-OH is 1. The highest BCUT2D eigenvalue weighted by molar-refractivity contribution is 5.27. The van der Waals surface area contributed by atoms with E-state index < -0.39 is 0 Å². The molecule has 1 unspecified atom stereocenters. The smallest absolute Gasteiger partial charge is 0.226 e. The maximum absolute atomic E-state index is 9.58. The van der Waals surface area contributed by atoms with Gasteiger partial charge in [0.05, 0.1) is 12.2 Å². The van der Waals surface area contributed by atoms with Crippen LogP contribution in [0, 0.1) is 0 Å². The monoisotopic (exact) mass is 239 g/mol. The van der Waals surface area contributed by atoms with Gasteiger partial charge in [-0.3, -0.25) is 0 Å². The number of aliphatic hydroxyl groups is 1. The summed E-state index contributed by atoms with van der Waals surface area (Å²) in [5.41, 5.74) is 0. The summed E-state index contributed by atoms with van der Waals surface area (Å²) >= 11 is 0. The average molecular weight is 239 g/mol. The maximum Gasteiger partial charge on any atom is 0.226 e. The molecule has 0 aromatic carbocycles. The quantitative estimate of drug-likeness (QED) is 0.760. The zero-order valence-electron chi connectivity index (χ0n) is 10.7. The highest BCUT2D eigenvalue weighted by Crippen LogP contribution is 2.10. The molecule has 5 heteroatoms. The van der Waals surface area contributed by atoms with E-state index in [0.29, 0.717) is 18.4 Å². The second kappa shape index (κ2) is 7.06. The maximum atomic E-state index is 9.58. The summed E-state index contributed by atoms with van der Waals surface area (Å²) in [6.07, 6.45) is 3.09. The fourth-order valence-electron chi connectivity index (χ4n) is 1.38. The molecule has 0 aliphatic heterocycles. The molecule has 0 saturated carbocycles. The Morgan fingerprint density at radius 2 is 2.24 bits per heavy atom. The van der Waals surface area contributed by atoms with E-state index in [1.807, 2.05) is 20.8 Å². The van der Waals surface area contributed by atoms with Crippen LogP contribution in [0.5, 0.6) is 5.88 Å². The summed E-state index contributed by atoms with van der Waals surface area (Å²) in [6.45, 7) is 6.39. The lowest BCUT2D eigenvalue weighted by Gasteiger charge is -2.12. The third-order valence-electron chi connectivity index (χ3n) is 2.10. The van der Waals surface area contributed by atoms with Gasteiger partial charge in [0.1, 0.15) is 0 Å². The van der Waals surface area contributed by atoms with Crippen molar-refractivity contribution in [3.05, 3.63) is 12.3 Å². The molecule has 5 nitrogen and oxygen atoms in total. The van der Waals surface area contributed by atoms with Crippen LogP contribution < -0.4 is 10.1 Å². The molecule has 1 heterocycles. The van der Waals surface area contributed by atoms with Crippen LogP contribution in [-0.2, 0) is 0 Å². The second-order valence-electron chi connectivity index (χ2n) is 4.21. The van der Waals surface area contributed by atoms with E-state index in [-0.39, 0.29) is 12.2 Å². The zero-order valence-corrected chi connectivity index (χ0v) is 10.7. The van der Waals surface area contributed by atoms with Crippen molar-refractivity contribution in [1.29, 1.82) is 0 Å². The van der Waals surface area contributed by atoms with Gasteiger partial charge in [-0.25, -0.2) is 4.98 Å². The Kier molecular flexibility index (Phi) is 5.69. The van der Waals surface area contributed by atoms with E-state index in [4.69, 9.17) is 4.74 Å². The first kappa shape index (κ1) is 13.7. The van der Waals surface area contributed by atoms with Crippen LogP contribution in [0.3, 0.4) is 0 Å². The van der Waals surface area contributed by atoms with Gasteiger partial charge in [-0.2, -0.15) is 4.98 Å². The van der Waals surface area contributed by atoms with E-state index in [1.165, 1.54) is 0 Å². The highest BCUT2D eigenvalue weighted by Gasteiger charge is 2.05. The Bertz CT molecular complexity index is 331. The van der Waals surface area contributed by atoms with Gasteiger partial charge in [0, 0.05) is 18.8 Å². The number of nitrogens with one attached hydrogen (secondary N) is 1. The molecule has 0 fully saturated rings. The predicted octanol–water partition coefficient (Wildman–Crippen LogP) is 1.84. The molecule has 0 radical (unpaired) electrons. The molecular formula is C12H21N3O2. The summed E-state index contributed by atoms with van der Waals surface area (Å²) in [5, 5.41) is 12.6. The van der Waals surface area contributed by atoms with Crippen molar-refractivity contribution >= 4 is 5.95 Å². The zero-order chi connectivity index (χ0) is 12.7. The van der Waals surface area contributed by atoms with E-state index in [9.17, 15) is 5.11 Å². The molecule has 1 aromatic heterocycles. The number of rotatable bonds is 7. The van der Waals surface area contributed by atoms with Crippen LogP contribution in [0.2, 0.25) is 0 Å². The number of ether oxygens (including phenoxy) is 1. The summed E-state index contributed by atoms with van der Waals surface area (Å²) in [6, 6.07) is 1.72. The van der Waals surface area contributed by atoms with Gasteiger partial charge in [0.2, 0.25) is 11.8 Å². The molecule has 0 spiro atoms. The Labute approximate surface area is 102 Å². The van der Waals surface area contributed by atoms with Crippen molar-refractivity contribution < 1.29 is 9.84 Å². The summed E-state index contributed by atoms with van der Waals surface area (Å²) in [4.78, 5) is 8.25. The Morgan fingerprint density at radius 3 is 2.88 bits per heavy atom. The van der Waals surface area contributed by atoms with Gasteiger partial charge in [0.15, 0.2) is 0 Å². The van der Waals surface area contributed by atoms with Crippen molar-refractivity contribution in [1.82, 2.24) is 9.97 Å². The Morgan fingerprint density at radius 1 is 1.47 bits per heavy atom. The largest absolute Gasteiger partial charge is 0.475 e. The van der Waals surface area contributed by atoms with Gasteiger partial charge in [-0.05, 0) is 20.3 Å². The number of nitrogens with zero attached hydrogens (tertiary/aromatic N) is 2. The number of anilines is 1. The first-order valence-corrected chi connectivity index (χ1v) is 6.03. The van der Waals surface area contributed by atoms with Crippen LogP contribution in [0.1, 0.15) is 33.6 Å². The Balaban J connectivity index is 2.48. The first-order valence-electron chi connectivity index (χ1n) is 6.03. The Hall–Kier alpha value is -1.36. The average Bonchev–Trinajstić information content (AvgIpc) is 2.26. The second-order valence-corrected chi connectivity index (χ2v) is 4.21. The summed E-state index contributed by atoms with van der Waals surface area (Å²) in [5.74, 6) is 1.03. The van der Waals surface area contributed by atoms with Crippen LogP contribution in [-0.4, -0.2) is 33.8 Å². The molecule has 0 saturated heterocycles. The lowest BCUT2D eigenvalue weighted by Crippen LogP contribution is -2.20. The van der Waals surface area contributed by atoms with Gasteiger partial charge in [-0.15, -0.1) is 0 Å². The summed E-state index contributed by atoms with van der Waals surface area (Å²) < 4.78 is 5.46. The minimum absolute atomic E-state index is 0.0865. The predicted molar refractivity (Wildman–Crippen MR) is 67.2 cm³/mol. The van der Waals surface area contributed by atoms with Crippen molar-refractivity contribution in [3.8, 4) is 5.88 Å². The third kappa shape index (κ3) is 5.49. The number of aromatic nitrogens is 2. The highest BCUT2D eigenvalue weighted by atomic mass is 16.5. The number of hydrogen-bond acceptors (Lipinski definition) is 5. The topological polar surface area (TPSA) is 67.3 Å². The van der Waals surface area contributed by atoms with Crippen molar-refractivity contribution in [3.63, 3.8) is 0 Å². The third-order valence-corrected chi connectivity index (χ3v) is 2.10. The SMILES string of the molecule is CCCC(O)CNc1nccc(OC(C)C)n1. The van der Waals surface area contributed by atoms with Crippen LogP contribution in [0.15, 0.2) is 12.3 Å². The van der Waals surface area contributed by atoms with Gasteiger partial charge in [-0.1, -0.05) is 13.3 Å².